The number of likely N-dealkylation sites (tertiary alicyclic amines) is 1. The number of nitrogens with one attached hydrogen (secondary N) is 1. The number of ether oxygens (including phenoxy) is 1. The van der Waals surface area contributed by atoms with Crippen molar-refractivity contribution in [3.8, 4) is 0 Å². The van der Waals surface area contributed by atoms with Crippen molar-refractivity contribution in [3.05, 3.63) is 0 Å². The van der Waals surface area contributed by atoms with E-state index < -0.39 is 5.91 Å². The van der Waals surface area contributed by atoms with Crippen molar-refractivity contribution in [2.24, 2.45) is 0 Å². The van der Waals surface area contributed by atoms with Crippen molar-refractivity contribution < 1.29 is 9.84 Å². The lowest BCUT2D eigenvalue weighted by molar-refractivity contribution is -0.322. The van der Waals surface area contributed by atoms with E-state index in [9.17, 15) is 5.11 Å². The Labute approximate surface area is 85.2 Å². The first-order chi connectivity index (χ1) is 6.77. The van der Waals surface area contributed by atoms with Crippen LogP contribution in [0.2, 0.25) is 0 Å². The van der Waals surface area contributed by atoms with E-state index in [2.05, 4.69) is 5.32 Å². The largest absolute Gasteiger partial charge is 0.338 e. The molecule has 0 amide bonds. The number of hydrogen-bond acceptors (Lipinski definition) is 3. The van der Waals surface area contributed by atoms with Crippen molar-refractivity contribution in [1.82, 2.24) is 10.2 Å². The topological polar surface area (TPSA) is 44.4 Å². The maximum absolute atomic E-state index is 12.5. The van der Waals surface area contributed by atoms with Crippen molar-refractivity contribution in [2.45, 2.75) is 37.6 Å². The Hall–Kier alpha value is -0.160. The van der Waals surface area contributed by atoms with Crippen LogP contribution in [-0.2, 0) is 9.84 Å². The van der Waals surface area contributed by atoms with Gasteiger partial charge in [-0.1, -0.05) is 0 Å². The zero-order valence-corrected chi connectivity index (χ0v) is 8.79. The summed E-state index contributed by atoms with van der Waals surface area (Å²) in [5.41, 5.74) is 0. The lowest BCUT2D eigenvalue weighted by atomic mass is 10.1. The standard InChI is InChI=1S/C10H19N2O2/c1-14-10(13,9-5-4-6-11-9)12-7-2-3-8-12/h9,11H,2-8H2,1H3. The highest BCUT2D eigenvalue weighted by Gasteiger charge is 2.46. The SMILES string of the molecule is COC([O])(C1CCCN1)N1CCCC1. The summed E-state index contributed by atoms with van der Waals surface area (Å²) in [5.74, 6) is -1.33. The van der Waals surface area contributed by atoms with Crippen LogP contribution in [0, 0.1) is 0 Å². The molecule has 4 heteroatoms. The molecule has 0 aromatic heterocycles. The van der Waals surface area contributed by atoms with Gasteiger partial charge in [0.25, 0.3) is 5.91 Å². The van der Waals surface area contributed by atoms with Crippen LogP contribution in [0.5, 0.6) is 0 Å². The number of hydrogen-bond donors (Lipinski definition) is 1. The lowest BCUT2D eigenvalue weighted by Crippen LogP contribution is -2.59. The Kier molecular flexibility index (Phi) is 3.07. The smallest absolute Gasteiger partial charge is 0.276 e. The van der Waals surface area contributed by atoms with Gasteiger partial charge in [0.05, 0.1) is 6.04 Å². The molecule has 1 radical (unpaired) electrons. The molecule has 14 heavy (non-hydrogen) atoms. The summed E-state index contributed by atoms with van der Waals surface area (Å²) in [6, 6.07) is -0.0365. The summed E-state index contributed by atoms with van der Waals surface area (Å²) in [6.45, 7) is 2.72. The van der Waals surface area contributed by atoms with Crippen LogP contribution in [0.25, 0.3) is 0 Å². The Bertz CT molecular complexity index is 171. The fourth-order valence-corrected chi connectivity index (χ4v) is 2.52. The molecule has 0 aliphatic carbocycles. The van der Waals surface area contributed by atoms with E-state index in [-0.39, 0.29) is 6.04 Å². The summed E-state index contributed by atoms with van der Waals surface area (Å²) in [7, 11) is 1.53. The third-order valence-corrected chi connectivity index (χ3v) is 3.34. The summed E-state index contributed by atoms with van der Waals surface area (Å²) < 4.78 is 5.21. The molecule has 2 unspecified atom stereocenters. The highest BCUT2D eigenvalue weighted by molar-refractivity contribution is 4.89. The van der Waals surface area contributed by atoms with Gasteiger partial charge in [-0.25, -0.2) is 4.90 Å². The van der Waals surface area contributed by atoms with E-state index in [1.807, 2.05) is 4.90 Å². The maximum atomic E-state index is 12.5. The molecule has 4 nitrogen and oxygen atoms in total. The van der Waals surface area contributed by atoms with E-state index >= 15 is 0 Å². The molecule has 0 bridgehead atoms. The fraction of sp³-hybridized carbons (Fsp3) is 1.00. The summed E-state index contributed by atoms with van der Waals surface area (Å²) in [4.78, 5) is 1.94. The van der Waals surface area contributed by atoms with Crippen LogP contribution in [0.1, 0.15) is 25.7 Å². The average Bonchev–Trinajstić information content (AvgIpc) is 2.88. The van der Waals surface area contributed by atoms with Crippen molar-refractivity contribution in [1.29, 1.82) is 0 Å². The maximum Gasteiger partial charge on any atom is 0.276 e. The molecule has 0 aromatic carbocycles. The van der Waals surface area contributed by atoms with Gasteiger partial charge in [0.2, 0.25) is 0 Å². The minimum absolute atomic E-state index is 0.0365. The van der Waals surface area contributed by atoms with Crippen molar-refractivity contribution >= 4 is 0 Å². The zero-order valence-electron chi connectivity index (χ0n) is 8.79. The monoisotopic (exact) mass is 199 g/mol. The first-order valence-electron chi connectivity index (χ1n) is 5.51. The molecule has 2 heterocycles. The normalized spacial score (nSPS) is 33.4. The van der Waals surface area contributed by atoms with Gasteiger partial charge in [-0.05, 0) is 32.2 Å². The van der Waals surface area contributed by atoms with Crippen LogP contribution in [0.4, 0.5) is 0 Å². The minimum atomic E-state index is -1.33. The van der Waals surface area contributed by atoms with Crippen LogP contribution in [-0.4, -0.2) is 43.6 Å². The zero-order chi connectivity index (χ0) is 10.0. The molecule has 0 saturated carbocycles. The minimum Gasteiger partial charge on any atom is -0.338 e. The molecule has 2 aliphatic heterocycles. The Morgan fingerprint density at radius 2 is 2.07 bits per heavy atom. The van der Waals surface area contributed by atoms with Gasteiger partial charge in [0, 0.05) is 20.2 Å². The van der Waals surface area contributed by atoms with E-state index in [1.165, 1.54) is 7.11 Å². The molecular formula is C10H19N2O2. The second-order valence-electron chi connectivity index (χ2n) is 4.18. The molecule has 0 spiro atoms. The van der Waals surface area contributed by atoms with E-state index in [1.54, 1.807) is 0 Å². The average molecular weight is 199 g/mol. The van der Waals surface area contributed by atoms with E-state index in [0.717, 1.165) is 45.3 Å². The summed E-state index contributed by atoms with van der Waals surface area (Å²) in [6.07, 6.45) is 4.28. The highest BCUT2D eigenvalue weighted by atomic mass is 16.6. The Morgan fingerprint density at radius 3 is 2.57 bits per heavy atom. The van der Waals surface area contributed by atoms with Crippen LogP contribution in [0.15, 0.2) is 0 Å². The van der Waals surface area contributed by atoms with Crippen LogP contribution < -0.4 is 5.32 Å². The van der Waals surface area contributed by atoms with Gasteiger partial charge in [-0.3, -0.25) is 0 Å². The molecule has 2 atom stereocenters. The molecule has 2 aliphatic rings. The van der Waals surface area contributed by atoms with Crippen LogP contribution >= 0.6 is 0 Å². The summed E-state index contributed by atoms with van der Waals surface area (Å²) >= 11 is 0. The van der Waals surface area contributed by atoms with Gasteiger partial charge in [-0.15, -0.1) is 0 Å². The number of methoxy groups -OCH3 is 1. The van der Waals surface area contributed by atoms with Gasteiger partial charge < -0.3 is 10.1 Å². The molecule has 2 rings (SSSR count). The van der Waals surface area contributed by atoms with E-state index in [0.29, 0.717) is 0 Å². The van der Waals surface area contributed by atoms with Crippen molar-refractivity contribution in [2.75, 3.05) is 26.7 Å². The quantitative estimate of drug-likeness (QED) is 0.676. The third-order valence-electron chi connectivity index (χ3n) is 3.34. The van der Waals surface area contributed by atoms with Crippen molar-refractivity contribution in [3.63, 3.8) is 0 Å². The van der Waals surface area contributed by atoms with E-state index in [4.69, 9.17) is 4.74 Å². The Morgan fingerprint density at radius 1 is 1.36 bits per heavy atom. The molecule has 2 fully saturated rings. The van der Waals surface area contributed by atoms with Crippen LogP contribution in [0.3, 0.4) is 0 Å². The fourth-order valence-electron chi connectivity index (χ4n) is 2.52. The van der Waals surface area contributed by atoms with Gasteiger partial charge in [-0.2, -0.15) is 5.11 Å². The molecule has 1 N–H and O–H groups in total. The molecule has 0 aromatic rings. The first kappa shape index (κ1) is 10.4. The van der Waals surface area contributed by atoms with Gasteiger partial charge in [0.1, 0.15) is 0 Å². The number of nitrogens with zero attached hydrogens (tertiary/aromatic N) is 1. The highest BCUT2D eigenvalue weighted by Crippen LogP contribution is 2.28. The second kappa shape index (κ2) is 4.14. The molecule has 2 saturated heterocycles. The lowest BCUT2D eigenvalue weighted by Gasteiger charge is -2.37. The predicted molar refractivity (Wildman–Crippen MR) is 52.3 cm³/mol. The van der Waals surface area contributed by atoms with Gasteiger partial charge >= 0.3 is 0 Å². The van der Waals surface area contributed by atoms with Gasteiger partial charge in [0.15, 0.2) is 0 Å². The molecular weight excluding hydrogens is 180 g/mol. The predicted octanol–water partition coefficient (Wildman–Crippen LogP) is 0.565. The Balaban J connectivity index is 2.06. The number of rotatable bonds is 3. The second-order valence-corrected chi connectivity index (χ2v) is 4.18. The molecule has 81 valence electrons. The first-order valence-corrected chi connectivity index (χ1v) is 5.51. The third kappa shape index (κ3) is 1.67. The summed E-state index contributed by atoms with van der Waals surface area (Å²) in [5, 5.41) is 15.8.